The van der Waals surface area contributed by atoms with Gasteiger partial charge in [0.2, 0.25) is 0 Å². The van der Waals surface area contributed by atoms with E-state index in [1.165, 1.54) is 18.2 Å². The van der Waals surface area contributed by atoms with Gasteiger partial charge in [0.05, 0.1) is 27.2 Å². The highest BCUT2D eigenvalue weighted by molar-refractivity contribution is 6.31. The third-order valence-corrected chi connectivity index (χ3v) is 3.02. The van der Waals surface area contributed by atoms with Gasteiger partial charge in [0, 0.05) is 17.2 Å². The van der Waals surface area contributed by atoms with Gasteiger partial charge in [-0.1, -0.05) is 11.6 Å². The number of phenolic OH excluding ortho intramolecular Hbond substituents is 1. The first-order valence-corrected chi connectivity index (χ1v) is 6.39. The lowest BCUT2D eigenvalue weighted by Crippen LogP contribution is -2.12. The van der Waals surface area contributed by atoms with Crippen LogP contribution in [0.2, 0.25) is 5.02 Å². The van der Waals surface area contributed by atoms with E-state index < -0.39 is 27.1 Å². The van der Waals surface area contributed by atoms with E-state index in [-0.39, 0.29) is 22.0 Å². The molecule has 0 unspecified atom stereocenters. The van der Waals surface area contributed by atoms with Gasteiger partial charge >= 0.3 is 0 Å². The van der Waals surface area contributed by atoms with Gasteiger partial charge in [-0.05, 0) is 18.2 Å². The fourth-order valence-corrected chi connectivity index (χ4v) is 1.94. The van der Waals surface area contributed by atoms with Crippen LogP contribution in [0.3, 0.4) is 0 Å². The van der Waals surface area contributed by atoms with E-state index in [1.807, 2.05) is 0 Å². The maximum absolute atomic E-state index is 12.1. The highest BCUT2D eigenvalue weighted by Gasteiger charge is 2.19. The third kappa shape index (κ3) is 3.71. The van der Waals surface area contributed by atoms with Gasteiger partial charge < -0.3 is 10.4 Å². The summed E-state index contributed by atoms with van der Waals surface area (Å²) in [6.45, 7) is 0. The Morgan fingerprint density at radius 2 is 1.61 bits per heavy atom. The maximum atomic E-state index is 12.1. The number of nitrogens with one attached hydrogen (secondary N) is 1. The Morgan fingerprint density at radius 1 is 1.04 bits per heavy atom. The van der Waals surface area contributed by atoms with Crippen LogP contribution in [0.4, 0.5) is 17.1 Å². The highest BCUT2D eigenvalue weighted by Crippen LogP contribution is 2.27. The monoisotopic (exact) mass is 337 g/mol. The van der Waals surface area contributed by atoms with Gasteiger partial charge in [0.1, 0.15) is 5.75 Å². The smallest absolute Gasteiger partial charge is 0.278 e. The zero-order chi connectivity index (χ0) is 17.1. The Bertz CT molecular complexity index is 791. The average Bonchev–Trinajstić information content (AvgIpc) is 2.49. The first-order valence-electron chi connectivity index (χ1n) is 6.01. The molecule has 0 aliphatic rings. The van der Waals surface area contributed by atoms with Crippen molar-refractivity contribution in [3.05, 3.63) is 67.2 Å². The van der Waals surface area contributed by atoms with Gasteiger partial charge in [-0.3, -0.25) is 25.0 Å². The summed E-state index contributed by atoms with van der Waals surface area (Å²) in [4.78, 5) is 32.0. The molecule has 118 valence electrons. The summed E-state index contributed by atoms with van der Waals surface area (Å²) < 4.78 is 0. The summed E-state index contributed by atoms with van der Waals surface area (Å²) in [7, 11) is 0. The molecular formula is C13H8ClN3O6. The number of hydrogen-bond donors (Lipinski definition) is 2. The van der Waals surface area contributed by atoms with Crippen LogP contribution in [-0.4, -0.2) is 20.9 Å². The zero-order valence-corrected chi connectivity index (χ0v) is 12.0. The fraction of sp³-hybridized carbons (Fsp3) is 0. The normalized spacial score (nSPS) is 10.1. The minimum absolute atomic E-state index is 0.157. The van der Waals surface area contributed by atoms with Gasteiger partial charge in [0.25, 0.3) is 17.3 Å². The van der Waals surface area contributed by atoms with Gasteiger partial charge in [-0.2, -0.15) is 0 Å². The van der Waals surface area contributed by atoms with Gasteiger partial charge in [-0.15, -0.1) is 0 Å². The molecule has 0 aliphatic heterocycles. The molecule has 0 atom stereocenters. The predicted molar refractivity (Wildman–Crippen MR) is 80.8 cm³/mol. The summed E-state index contributed by atoms with van der Waals surface area (Å²) in [5, 5.41) is 33.7. The van der Waals surface area contributed by atoms with E-state index in [4.69, 9.17) is 11.6 Å². The van der Waals surface area contributed by atoms with E-state index in [9.17, 15) is 30.1 Å². The molecule has 2 aromatic rings. The number of hydrogen-bond acceptors (Lipinski definition) is 6. The van der Waals surface area contributed by atoms with Crippen LogP contribution < -0.4 is 5.32 Å². The molecule has 0 heterocycles. The number of nitrogens with zero attached hydrogens (tertiary/aromatic N) is 2. The number of nitro groups is 2. The molecule has 2 N–H and O–H groups in total. The van der Waals surface area contributed by atoms with E-state index in [0.29, 0.717) is 0 Å². The molecule has 9 nitrogen and oxygen atoms in total. The minimum Gasteiger partial charge on any atom is -0.507 e. The van der Waals surface area contributed by atoms with Gasteiger partial charge in [-0.25, -0.2) is 0 Å². The molecule has 0 saturated heterocycles. The number of phenols is 1. The number of carbonyl (C=O) groups excluding carboxylic acids is 1. The van der Waals surface area contributed by atoms with Crippen LogP contribution in [0.25, 0.3) is 0 Å². The van der Waals surface area contributed by atoms with Gasteiger partial charge in [0.15, 0.2) is 0 Å². The number of amides is 1. The molecule has 0 aromatic heterocycles. The van der Waals surface area contributed by atoms with Crippen molar-refractivity contribution in [3.63, 3.8) is 0 Å². The van der Waals surface area contributed by atoms with Crippen LogP contribution in [0.1, 0.15) is 10.4 Å². The summed E-state index contributed by atoms with van der Waals surface area (Å²) in [6, 6.07) is 6.46. The van der Waals surface area contributed by atoms with Crippen molar-refractivity contribution in [1.29, 1.82) is 0 Å². The summed E-state index contributed by atoms with van der Waals surface area (Å²) >= 11 is 5.73. The van der Waals surface area contributed by atoms with Crippen LogP contribution >= 0.6 is 11.6 Å². The summed E-state index contributed by atoms with van der Waals surface area (Å²) in [6.07, 6.45) is 0. The predicted octanol–water partition coefficient (Wildman–Crippen LogP) is 3.11. The van der Waals surface area contributed by atoms with Crippen molar-refractivity contribution in [2.45, 2.75) is 0 Å². The maximum Gasteiger partial charge on any atom is 0.278 e. The second-order valence-corrected chi connectivity index (χ2v) is 4.80. The Balaban J connectivity index is 2.39. The minimum atomic E-state index is -0.820. The van der Waals surface area contributed by atoms with E-state index >= 15 is 0 Å². The first-order chi connectivity index (χ1) is 10.8. The van der Waals surface area contributed by atoms with Crippen molar-refractivity contribution in [2.75, 3.05) is 5.32 Å². The molecule has 0 saturated carbocycles. The molecule has 2 aromatic carbocycles. The van der Waals surface area contributed by atoms with Crippen LogP contribution in [0.15, 0.2) is 36.4 Å². The molecular weight excluding hydrogens is 330 g/mol. The quantitative estimate of drug-likeness (QED) is 0.649. The molecule has 2 rings (SSSR count). The van der Waals surface area contributed by atoms with Crippen molar-refractivity contribution in [3.8, 4) is 5.75 Å². The molecule has 0 bridgehead atoms. The number of rotatable bonds is 4. The molecule has 23 heavy (non-hydrogen) atoms. The number of benzene rings is 2. The van der Waals surface area contributed by atoms with E-state index in [0.717, 1.165) is 18.2 Å². The Morgan fingerprint density at radius 3 is 2.13 bits per heavy atom. The van der Waals surface area contributed by atoms with Crippen molar-refractivity contribution < 1.29 is 19.7 Å². The number of non-ortho nitro benzene ring substituents is 2. The molecule has 0 spiro atoms. The lowest BCUT2D eigenvalue weighted by atomic mass is 10.1. The fourth-order valence-electron chi connectivity index (χ4n) is 1.77. The molecule has 1 amide bonds. The average molecular weight is 338 g/mol. The Kier molecular flexibility index (Phi) is 4.42. The number of aromatic hydroxyl groups is 1. The second kappa shape index (κ2) is 6.28. The number of halogens is 1. The Labute approximate surface area is 133 Å². The molecule has 0 fully saturated rings. The van der Waals surface area contributed by atoms with E-state index in [2.05, 4.69) is 5.32 Å². The molecule has 0 aliphatic carbocycles. The topological polar surface area (TPSA) is 136 Å². The van der Waals surface area contributed by atoms with Crippen LogP contribution in [-0.2, 0) is 0 Å². The highest BCUT2D eigenvalue weighted by atomic mass is 35.5. The number of nitro benzene ring substituents is 2. The standard InChI is InChI=1S/C13H8ClN3O6/c14-7-1-2-12(18)11(3-7)13(19)15-8-4-9(16(20)21)6-10(5-8)17(22)23/h1-6,18H,(H,15,19). The largest absolute Gasteiger partial charge is 0.507 e. The lowest BCUT2D eigenvalue weighted by molar-refractivity contribution is -0.394. The summed E-state index contributed by atoms with van der Waals surface area (Å²) in [5.74, 6) is -1.17. The Hall–Kier alpha value is -3.20. The van der Waals surface area contributed by atoms with Crippen molar-refractivity contribution in [1.82, 2.24) is 0 Å². The first kappa shape index (κ1) is 16.2. The van der Waals surface area contributed by atoms with Crippen molar-refractivity contribution >= 4 is 34.6 Å². The van der Waals surface area contributed by atoms with Crippen LogP contribution in [0, 0.1) is 20.2 Å². The molecule has 10 heteroatoms. The number of carbonyl (C=O) groups is 1. The summed E-state index contributed by atoms with van der Waals surface area (Å²) in [5.41, 5.74) is -1.43. The second-order valence-electron chi connectivity index (χ2n) is 4.37. The van der Waals surface area contributed by atoms with Crippen LogP contribution in [0.5, 0.6) is 5.75 Å². The molecule has 0 radical (unpaired) electrons. The van der Waals surface area contributed by atoms with E-state index in [1.54, 1.807) is 0 Å². The van der Waals surface area contributed by atoms with Crippen molar-refractivity contribution in [2.24, 2.45) is 0 Å². The zero-order valence-electron chi connectivity index (χ0n) is 11.2. The lowest BCUT2D eigenvalue weighted by Gasteiger charge is -2.07. The SMILES string of the molecule is O=C(Nc1cc([N+](=O)[O-])cc([N+](=O)[O-])c1)c1cc(Cl)ccc1O. The third-order valence-electron chi connectivity index (χ3n) is 2.79. The number of anilines is 1.